The van der Waals surface area contributed by atoms with Gasteiger partial charge in [0.05, 0.1) is 6.20 Å². The molecule has 2 saturated carbocycles. The number of nitrogens with one attached hydrogen (secondary N) is 2. The molecule has 1 aromatic heterocycles. The molecule has 1 unspecified atom stereocenters. The summed E-state index contributed by atoms with van der Waals surface area (Å²) >= 11 is 0. The molecule has 1 saturated heterocycles. The van der Waals surface area contributed by atoms with E-state index < -0.39 is 41.3 Å². The number of carboxylic acid groups (broad SMARTS) is 1. The molecule has 36 heavy (non-hydrogen) atoms. The summed E-state index contributed by atoms with van der Waals surface area (Å²) in [4.78, 5) is 61.9. The second-order valence-corrected chi connectivity index (χ2v) is 11.5. The van der Waals surface area contributed by atoms with Gasteiger partial charge in [-0.3, -0.25) is 19.4 Å². The maximum Gasteiger partial charge on any atom is 0.326 e. The molecular weight excluding hydrogens is 462 g/mol. The Balaban J connectivity index is 1.55. The number of hydrogen-bond donors (Lipinski definition) is 3. The Morgan fingerprint density at radius 3 is 2.36 bits per heavy atom. The first-order chi connectivity index (χ1) is 17.1. The lowest BCUT2D eigenvalue weighted by atomic mass is 9.84. The Kier molecular flexibility index (Phi) is 7.61. The third kappa shape index (κ3) is 5.37. The summed E-state index contributed by atoms with van der Waals surface area (Å²) in [5.41, 5.74) is -0.549. The topological polar surface area (TPSA) is 142 Å². The molecular formula is C26H37N5O5. The first-order valence-electron chi connectivity index (χ1n) is 13.0. The zero-order valence-electron chi connectivity index (χ0n) is 21.3. The molecule has 3 N–H and O–H groups in total. The summed E-state index contributed by atoms with van der Waals surface area (Å²) < 4.78 is 0. The van der Waals surface area contributed by atoms with Crippen molar-refractivity contribution in [3.63, 3.8) is 0 Å². The molecule has 10 nitrogen and oxygen atoms in total. The monoisotopic (exact) mass is 499 g/mol. The highest BCUT2D eigenvalue weighted by molar-refractivity contribution is 5.97. The average molecular weight is 500 g/mol. The zero-order valence-corrected chi connectivity index (χ0v) is 21.3. The highest BCUT2D eigenvalue weighted by Crippen LogP contribution is 2.43. The Labute approximate surface area is 211 Å². The van der Waals surface area contributed by atoms with Crippen molar-refractivity contribution in [2.45, 2.75) is 83.8 Å². The fourth-order valence-corrected chi connectivity index (χ4v) is 6.21. The van der Waals surface area contributed by atoms with Crippen molar-refractivity contribution in [3.05, 3.63) is 24.3 Å². The van der Waals surface area contributed by atoms with E-state index in [1.54, 1.807) is 0 Å². The van der Waals surface area contributed by atoms with Gasteiger partial charge in [0.15, 0.2) is 0 Å². The molecule has 2 heterocycles. The number of amides is 3. The quantitative estimate of drug-likeness (QED) is 0.521. The molecule has 10 heteroatoms. The first kappa shape index (κ1) is 26.0. The van der Waals surface area contributed by atoms with Gasteiger partial charge in [-0.2, -0.15) is 0 Å². The fourth-order valence-electron chi connectivity index (χ4n) is 6.21. The predicted molar refractivity (Wildman–Crippen MR) is 131 cm³/mol. The third-order valence-corrected chi connectivity index (χ3v) is 8.06. The molecule has 3 fully saturated rings. The Bertz CT molecular complexity index is 988. The van der Waals surface area contributed by atoms with Crippen molar-refractivity contribution in [3.8, 4) is 0 Å². The summed E-state index contributed by atoms with van der Waals surface area (Å²) in [5, 5.41) is 15.7. The molecule has 1 aromatic rings. The number of carboxylic acids is 1. The van der Waals surface area contributed by atoms with E-state index in [1.807, 2.05) is 20.8 Å². The molecule has 0 aromatic carbocycles. The van der Waals surface area contributed by atoms with Crippen molar-refractivity contribution in [2.75, 3.05) is 6.54 Å². The van der Waals surface area contributed by atoms with E-state index in [4.69, 9.17) is 0 Å². The van der Waals surface area contributed by atoms with Gasteiger partial charge in [-0.15, -0.1) is 0 Å². The Morgan fingerprint density at radius 2 is 1.75 bits per heavy atom. The summed E-state index contributed by atoms with van der Waals surface area (Å²) in [7, 11) is 0. The van der Waals surface area contributed by atoms with Crippen LogP contribution >= 0.6 is 0 Å². The van der Waals surface area contributed by atoms with Gasteiger partial charge >= 0.3 is 5.97 Å². The van der Waals surface area contributed by atoms with Crippen molar-refractivity contribution in [1.82, 2.24) is 25.5 Å². The van der Waals surface area contributed by atoms with Crippen LogP contribution in [-0.2, 0) is 14.4 Å². The maximum atomic E-state index is 13.8. The second-order valence-electron chi connectivity index (χ2n) is 11.5. The summed E-state index contributed by atoms with van der Waals surface area (Å²) in [6.07, 6.45) is 10.5. The van der Waals surface area contributed by atoms with Gasteiger partial charge < -0.3 is 20.6 Å². The number of aromatic nitrogens is 2. The number of nitrogens with zero attached hydrogens (tertiary/aromatic N) is 3. The van der Waals surface area contributed by atoms with Crippen LogP contribution in [0, 0.1) is 23.2 Å². The van der Waals surface area contributed by atoms with Crippen LogP contribution in [0.1, 0.15) is 76.2 Å². The Hall–Kier alpha value is -3.04. The van der Waals surface area contributed by atoms with Crippen LogP contribution in [0.4, 0.5) is 0 Å². The number of carbonyl (C=O) groups excluding carboxylic acids is 3. The third-order valence-electron chi connectivity index (χ3n) is 8.06. The van der Waals surface area contributed by atoms with E-state index >= 15 is 0 Å². The smallest absolute Gasteiger partial charge is 0.326 e. The van der Waals surface area contributed by atoms with Crippen molar-refractivity contribution in [1.29, 1.82) is 0 Å². The number of aliphatic carboxylic acids is 1. The summed E-state index contributed by atoms with van der Waals surface area (Å²) in [6.45, 7) is 5.96. The zero-order chi connectivity index (χ0) is 26.0. The van der Waals surface area contributed by atoms with Gasteiger partial charge in [-0.05, 0) is 48.9 Å². The van der Waals surface area contributed by atoms with Crippen LogP contribution in [0.3, 0.4) is 0 Å². The van der Waals surface area contributed by atoms with Gasteiger partial charge in [0.1, 0.15) is 23.8 Å². The minimum absolute atomic E-state index is 0.0414. The van der Waals surface area contributed by atoms with E-state index in [2.05, 4.69) is 20.6 Å². The number of fused-ring (bicyclic) bond motifs is 1. The van der Waals surface area contributed by atoms with Crippen LogP contribution in [0.15, 0.2) is 18.6 Å². The number of likely N-dealkylation sites (tertiary alicyclic amines) is 1. The minimum Gasteiger partial charge on any atom is -0.480 e. The number of rotatable bonds is 7. The van der Waals surface area contributed by atoms with E-state index in [-0.39, 0.29) is 29.4 Å². The van der Waals surface area contributed by atoms with E-state index in [1.165, 1.54) is 23.5 Å². The second kappa shape index (κ2) is 10.5. The molecule has 0 radical (unpaired) electrons. The van der Waals surface area contributed by atoms with Crippen LogP contribution in [-0.4, -0.2) is 68.3 Å². The van der Waals surface area contributed by atoms with E-state index in [0.29, 0.717) is 6.54 Å². The fraction of sp³-hybridized carbons (Fsp3) is 0.692. The van der Waals surface area contributed by atoms with Crippen LogP contribution in [0.5, 0.6) is 0 Å². The normalized spacial score (nSPS) is 25.8. The number of hydrogen-bond acceptors (Lipinski definition) is 6. The standard InChI is InChI=1S/C26H37N5O5/c1-26(2,3)21(24(34)31-14-16-9-6-10-17(16)20(31)25(35)36)30-23(33)19(15-7-4-5-8-15)29-22(32)18-13-27-11-12-28-18/h11-13,15-17,19-21H,4-10,14H2,1-3H3,(H,29,32)(H,30,33)(H,35,36)/t16-,17-,19-,20?,21+/m0/s1. The lowest BCUT2D eigenvalue weighted by Crippen LogP contribution is -2.61. The maximum absolute atomic E-state index is 13.8. The first-order valence-corrected chi connectivity index (χ1v) is 13.0. The van der Waals surface area contributed by atoms with Crippen LogP contribution in [0.2, 0.25) is 0 Å². The highest BCUT2D eigenvalue weighted by atomic mass is 16.4. The molecule has 2 aliphatic carbocycles. The van der Waals surface area contributed by atoms with Gasteiger partial charge in [0.2, 0.25) is 11.8 Å². The lowest BCUT2D eigenvalue weighted by Gasteiger charge is -2.37. The highest BCUT2D eigenvalue weighted by Gasteiger charge is 2.52. The van der Waals surface area contributed by atoms with Gasteiger partial charge in [-0.25, -0.2) is 9.78 Å². The molecule has 0 spiro atoms. The molecule has 3 aliphatic rings. The Morgan fingerprint density at radius 1 is 1.03 bits per heavy atom. The van der Waals surface area contributed by atoms with Crippen molar-refractivity contribution in [2.24, 2.45) is 23.2 Å². The van der Waals surface area contributed by atoms with Crippen molar-refractivity contribution >= 4 is 23.7 Å². The predicted octanol–water partition coefficient (Wildman–Crippen LogP) is 2.01. The molecule has 3 amide bonds. The SMILES string of the molecule is CC(C)(C)[C@H](NC(=O)[C@@H](NC(=O)c1cnccn1)C1CCCC1)C(=O)N1C[C@@H]2CCC[C@@H]2C1C(=O)O. The number of carbonyl (C=O) groups is 4. The molecule has 196 valence electrons. The van der Waals surface area contributed by atoms with E-state index in [9.17, 15) is 24.3 Å². The molecule has 5 atom stereocenters. The van der Waals surface area contributed by atoms with E-state index in [0.717, 1.165) is 44.9 Å². The lowest BCUT2D eigenvalue weighted by molar-refractivity contribution is -0.152. The largest absolute Gasteiger partial charge is 0.480 e. The molecule has 0 bridgehead atoms. The van der Waals surface area contributed by atoms with Gasteiger partial charge in [0.25, 0.3) is 5.91 Å². The van der Waals surface area contributed by atoms with Crippen LogP contribution < -0.4 is 10.6 Å². The average Bonchev–Trinajstić information content (AvgIpc) is 3.57. The minimum atomic E-state index is -0.989. The van der Waals surface area contributed by atoms with Gasteiger partial charge in [-0.1, -0.05) is 40.0 Å². The summed E-state index contributed by atoms with van der Waals surface area (Å²) in [5.74, 6) is -2.20. The van der Waals surface area contributed by atoms with Gasteiger partial charge in [0, 0.05) is 18.9 Å². The summed E-state index contributed by atoms with van der Waals surface area (Å²) in [6, 6.07) is -2.62. The molecule has 4 rings (SSSR count). The molecule has 1 aliphatic heterocycles. The van der Waals surface area contributed by atoms with Crippen molar-refractivity contribution < 1.29 is 24.3 Å². The van der Waals surface area contributed by atoms with Crippen LogP contribution in [0.25, 0.3) is 0 Å².